The van der Waals surface area contributed by atoms with Crippen molar-refractivity contribution in [1.82, 2.24) is 14.9 Å². The average Bonchev–Trinajstić information content (AvgIpc) is 2.97. The summed E-state index contributed by atoms with van der Waals surface area (Å²) < 4.78 is 5.49. The number of ether oxygens (including phenoxy) is 1. The number of thiophene rings is 1. The number of H-pyrrole nitrogens is 1. The maximum absolute atomic E-state index is 12.8. The SMILES string of the molecule is C=CCN(Cc1nc2sc3c(c2c(=O)[nH]1)CC[C@H](C)C3)C[C@@H](O)COC(C)C. The van der Waals surface area contributed by atoms with Crippen LogP contribution >= 0.6 is 11.3 Å². The van der Waals surface area contributed by atoms with Gasteiger partial charge < -0.3 is 14.8 Å². The fraction of sp³-hybridized carbons (Fsp3) is 0.619. The zero-order valence-corrected chi connectivity index (χ0v) is 17.8. The van der Waals surface area contributed by atoms with Crippen LogP contribution in [-0.4, -0.2) is 51.9 Å². The van der Waals surface area contributed by atoms with E-state index in [0.717, 1.165) is 29.5 Å². The largest absolute Gasteiger partial charge is 0.389 e. The van der Waals surface area contributed by atoms with Gasteiger partial charge >= 0.3 is 0 Å². The fourth-order valence-electron chi connectivity index (χ4n) is 3.72. The molecule has 1 aliphatic rings. The van der Waals surface area contributed by atoms with Crippen LogP contribution < -0.4 is 5.56 Å². The van der Waals surface area contributed by atoms with Crippen molar-refractivity contribution in [2.75, 3.05) is 19.7 Å². The van der Waals surface area contributed by atoms with E-state index in [1.165, 1.54) is 10.4 Å². The summed E-state index contributed by atoms with van der Waals surface area (Å²) in [4.78, 5) is 24.6. The number of aromatic amines is 1. The molecular weight excluding hydrogens is 374 g/mol. The highest BCUT2D eigenvalue weighted by molar-refractivity contribution is 7.18. The van der Waals surface area contributed by atoms with Crippen LogP contribution in [0.25, 0.3) is 10.2 Å². The van der Waals surface area contributed by atoms with Gasteiger partial charge in [-0.2, -0.15) is 0 Å². The number of aliphatic hydroxyl groups excluding tert-OH is 1. The maximum Gasteiger partial charge on any atom is 0.259 e. The van der Waals surface area contributed by atoms with E-state index in [1.807, 2.05) is 18.7 Å². The lowest BCUT2D eigenvalue weighted by molar-refractivity contribution is -0.00834. The lowest BCUT2D eigenvalue weighted by atomic mass is 9.89. The molecule has 0 radical (unpaired) electrons. The number of rotatable bonds is 9. The first-order valence-corrected chi connectivity index (χ1v) is 10.8. The molecule has 0 unspecified atom stereocenters. The molecule has 0 aromatic carbocycles. The number of nitrogens with one attached hydrogen (secondary N) is 1. The van der Waals surface area contributed by atoms with Gasteiger partial charge in [-0.1, -0.05) is 13.0 Å². The predicted molar refractivity (Wildman–Crippen MR) is 114 cm³/mol. The fourth-order valence-corrected chi connectivity index (χ4v) is 5.12. The highest BCUT2D eigenvalue weighted by atomic mass is 32.1. The minimum Gasteiger partial charge on any atom is -0.389 e. The van der Waals surface area contributed by atoms with Gasteiger partial charge in [0.2, 0.25) is 0 Å². The summed E-state index contributed by atoms with van der Waals surface area (Å²) >= 11 is 1.66. The van der Waals surface area contributed by atoms with Crippen LogP contribution in [-0.2, 0) is 24.1 Å². The van der Waals surface area contributed by atoms with E-state index in [4.69, 9.17) is 9.72 Å². The monoisotopic (exact) mass is 405 g/mol. The van der Waals surface area contributed by atoms with Crippen molar-refractivity contribution in [2.45, 2.75) is 58.8 Å². The first-order valence-electron chi connectivity index (χ1n) is 10.0. The van der Waals surface area contributed by atoms with Gasteiger partial charge in [0.05, 0.1) is 30.7 Å². The lowest BCUT2D eigenvalue weighted by Gasteiger charge is -2.23. The molecule has 0 fully saturated rings. The van der Waals surface area contributed by atoms with Crippen molar-refractivity contribution in [1.29, 1.82) is 0 Å². The Kier molecular flexibility index (Phi) is 7.04. The van der Waals surface area contributed by atoms with E-state index in [2.05, 4.69) is 18.5 Å². The summed E-state index contributed by atoms with van der Waals surface area (Å²) in [6.07, 6.45) is 4.39. The van der Waals surface area contributed by atoms with Crippen LogP contribution in [0, 0.1) is 5.92 Å². The second kappa shape index (κ2) is 9.31. The van der Waals surface area contributed by atoms with Crippen molar-refractivity contribution in [3.05, 3.63) is 39.3 Å². The number of hydrogen-bond donors (Lipinski definition) is 2. The molecule has 154 valence electrons. The Morgan fingerprint density at radius 2 is 2.29 bits per heavy atom. The highest BCUT2D eigenvalue weighted by Crippen LogP contribution is 2.35. The topological polar surface area (TPSA) is 78.5 Å². The standard InChI is InChI=1S/C21H31N3O3S/c1-5-8-24(10-15(25)12-27-13(2)3)11-18-22-20(26)19-16-7-6-14(4)9-17(16)28-21(19)23-18/h5,13-15,25H,1,6-12H2,2-4H3,(H,22,23,26)/t14-,15+/m0/s1. The summed E-state index contributed by atoms with van der Waals surface area (Å²) in [5.41, 5.74) is 1.15. The third kappa shape index (κ3) is 5.08. The third-order valence-electron chi connectivity index (χ3n) is 5.07. The zero-order valence-electron chi connectivity index (χ0n) is 17.0. The molecule has 0 saturated heterocycles. The summed E-state index contributed by atoms with van der Waals surface area (Å²) in [6.45, 7) is 11.7. The normalized spacial score (nSPS) is 18.0. The Labute approximate surface area is 170 Å². The minimum absolute atomic E-state index is 0.0469. The smallest absolute Gasteiger partial charge is 0.259 e. The molecule has 28 heavy (non-hydrogen) atoms. The summed E-state index contributed by atoms with van der Waals surface area (Å²) in [6, 6.07) is 0. The van der Waals surface area contributed by atoms with E-state index in [1.54, 1.807) is 17.4 Å². The number of aliphatic hydroxyl groups is 1. The van der Waals surface area contributed by atoms with Crippen LogP contribution in [0.2, 0.25) is 0 Å². The molecule has 7 heteroatoms. The maximum atomic E-state index is 12.8. The number of aryl methyl sites for hydroxylation is 1. The van der Waals surface area contributed by atoms with Crippen LogP contribution in [0.1, 0.15) is 43.5 Å². The van der Waals surface area contributed by atoms with Gasteiger partial charge in [0, 0.05) is 18.0 Å². The predicted octanol–water partition coefficient (Wildman–Crippen LogP) is 2.88. The van der Waals surface area contributed by atoms with Gasteiger partial charge in [0.1, 0.15) is 10.7 Å². The Balaban J connectivity index is 1.78. The van der Waals surface area contributed by atoms with E-state index in [-0.39, 0.29) is 18.3 Å². The van der Waals surface area contributed by atoms with E-state index in [0.29, 0.717) is 31.4 Å². The van der Waals surface area contributed by atoms with E-state index < -0.39 is 6.10 Å². The van der Waals surface area contributed by atoms with Crippen LogP contribution in [0.4, 0.5) is 0 Å². The number of hydrogen-bond acceptors (Lipinski definition) is 6. The molecule has 0 saturated carbocycles. The molecule has 6 nitrogen and oxygen atoms in total. The molecule has 2 aromatic rings. The quantitative estimate of drug-likeness (QED) is 0.627. The van der Waals surface area contributed by atoms with Crippen molar-refractivity contribution in [3.8, 4) is 0 Å². The van der Waals surface area contributed by atoms with Crippen molar-refractivity contribution in [2.24, 2.45) is 5.92 Å². The van der Waals surface area contributed by atoms with Crippen molar-refractivity contribution < 1.29 is 9.84 Å². The second-order valence-electron chi connectivity index (χ2n) is 8.06. The Morgan fingerprint density at radius 1 is 1.50 bits per heavy atom. The Bertz CT molecular complexity index is 874. The minimum atomic E-state index is -0.603. The zero-order chi connectivity index (χ0) is 20.3. The lowest BCUT2D eigenvalue weighted by Crippen LogP contribution is -2.36. The van der Waals surface area contributed by atoms with Crippen molar-refractivity contribution >= 4 is 21.6 Å². The molecule has 0 spiro atoms. The van der Waals surface area contributed by atoms with E-state index in [9.17, 15) is 9.90 Å². The second-order valence-corrected chi connectivity index (χ2v) is 9.15. The van der Waals surface area contributed by atoms with Gasteiger partial charge in [0.15, 0.2) is 0 Å². The molecule has 3 rings (SSSR count). The molecule has 2 atom stereocenters. The van der Waals surface area contributed by atoms with Gasteiger partial charge in [-0.15, -0.1) is 17.9 Å². The average molecular weight is 406 g/mol. The molecule has 1 aliphatic carbocycles. The van der Waals surface area contributed by atoms with E-state index >= 15 is 0 Å². The molecule has 2 N–H and O–H groups in total. The van der Waals surface area contributed by atoms with Crippen molar-refractivity contribution in [3.63, 3.8) is 0 Å². The first kappa shape index (κ1) is 21.2. The number of nitrogens with zero attached hydrogens (tertiary/aromatic N) is 2. The summed E-state index contributed by atoms with van der Waals surface area (Å²) in [5, 5.41) is 11.0. The number of aromatic nitrogens is 2. The van der Waals surface area contributed by atoms with Gasteiger partial charge in [-0.3, -0.25) is 9.69 Å². The van der Waals surface area contributed by atoms with Gasteiger partial charge in [-0.05, 0) is 44.6 Å². The van der Waals surface area contributed by atoms with Gasteiger partial charge in [0.25, 0.3) is 5.56 Å². The summed E-state index contributed by atoms with van der Waals surface area (Å²) in [7, 11) is 0. The molecule has 0 amide bonds. The molecule has 0 bridgehead atoms. The van der Waals surface area contributed by atoms with Gasteiger partial charge in [-0.25, -0.2) is 4.98 Å². The molecular formula is C21H31N3O3S. The molecule has 2 heterocycles. The van der Waals surface area contributed by atoms with Crippen LogP contribution in [0.3, 0.4) is 0 Å². The molecule has 2 aromatic heterocycles. The Morgan fingerprint density at radius 3 is 3.00 bits per heavy atom. The highest BCUT2D eigenvalue weighted by Gasteiger charge is 2.23. The first-order chi connectivity index (χ1) is 13.4. The van der Waals surface area contributed by atoms with Crippen LogP contribution in [0.5, 0.6) is 0 Å². The molecule has 0 aliphatic heterocycles. The number of fused-ring (bicyclic) bond motifs is 3. The van der Waals surface area contributed by atoms with Crippen LogP contribution in [0.15, 0.2) is 17.4 Å². The Hall–Kier alpha value is -1.54. The summed E-state index contributed by atoms with van der Waals surface area (Å²) in [5.74, 6) is 1.29. The third-order valence-corrected chi connectivity index (χ3v) is 6.21.